The molecule has 4 nitrogen and oxygen atoms in total. The lowest BCUT2D eigenvalue weighted by molar-refractivity contribution is -0.114. The van der Waals surface area contributed by atoms with Crippen LogP contribution in [0.3, 0.4) is 0 Å². The largest absolute Gasteiger partial charge is 0.345 e. The summed E-state index contributed by atoms with van der Waals surface area (Å²) >= 11 is 0. The first kappa shape index (κ1) is 9.45. The number of anilines is 1. The quantitative estimate of drug-likeness (QED) is 0.781. The number of carbonyl (C=O) groups excluding carboxylic acids is 1. The Labute approximate surface area is 87.4 Å². The molecule has 0 bridgehead atoms. The maximum absolute atomic E-state index is 10.8. The van der Waals surface area contributed by atoms with E-state index in [9.17, 15) is 4.79 Å². The predicted octanol–water partition coefficient (Wildman–Crippen LogP) is 2.04. The van der Waals surface area contributed by atoms with E-state index in [1.54, 1.807) is 12.5 Å². The average molecular weight is 201 g/mol. The molecule has 0 atom stereocenters. The average Bonchev–Trinajstić information content (AvgIpc) is 2.71. The standard InChI is InChI=1S/C11H11N3O/c1-8(15)14-10-4-2-9(3-5-10)11-6-12-7-13-11/h2-7H,1H3,(H,12,13)(H,14,15). The Morgan fingerprint density at radius 2 is 2.07 bits per heavy atom. The summed E-state index contributed by atoms with van der Waals surface area (Å²) < 4.78 is 0. The highest BCUT2D eigenvalue weighted by molar-refractivity contribution is 5.88. The van der Waals surface area contributed by atoms with E-state index in [4.69, 9.17) is 0 Å². The van der Waals surface area contributed by atoms with E-state index >= 15 is 0 Å². The fourth-order valence-electron chi connectivity index (χ4n) is 1.35. The highest BCUT2D eigenvalue weighted by Gasteiger charge is 1.99. The zero-order chi connectivity index (χ0) is 10.7. The number of imidazole rings is 1. The molecule has 76 valence electrons. The molecule has 0 aliphatic heterocycles. The SMILES string of the molecule is CC(=O)Nc1ccc(-c2cnc[nH]2)cc1. The van der Waals surface area contributed by atoms with Crippen LogP contribution in [0.1, 0.15) is 6.92 Å². The minimum absolute atomic E-state index is 0.0655. The number of rotatable bonds is 2. The van der Waals surface area contributed by atoms with Crippen molar-refractivity contribution in [2.75, 3.05) is 5.32 Å². The van der Waals surface area contributed by atoms with Gasteiger partial charge in [-0.15, -0.1) is 0 Å². The van der Waals surface area contributed by atoms with Crippen LogP contribution in [0.25, 0.3) is 11.3 Å². The molecule has 2 aromatic rings. The summed E-state index contributed by atoms with van der Waals surface area (Å²) in [6, 6.07) is 7.58. The monoisotopic (exact) mass is 201 g/mol. The van der Waals surface area contributed by atoms with Gasteiger partial charge in [0.25, 0.3) is 0 Å². The third-order valence-corrected chi connectivity index (χ3v) is 2.01. The first-order chi connectivity index (χ1) is 7.25. The first-order valence-corrected chi connectivity index (χ1v) is 4.62. The van der Waals surface area contributed by atoms with Gasteiger partial charge in [-0.2, -0.15) is 0 Å². The zero-order valence-corrected chi connectivity index (χ0v) is 8.32. The van der Waals surface area contributed by atoms with Gasteiger partial charge in [0.1, 0.15) is 0 Å². The molecule has 4 heteroatoms. The molecule has 1 heterocycles. The third kappa shape index (κ3) is 2.22. The molecular formula is C11H11N3O. The number of carbonyl (C=O) groups is 1. The van der Waals surface area contributed by atoms with Crippen molar-refractivity contribution >= 4 is 11.6 Å². The second-order valence-electron chi connectivity index (χ2n) is 3.22. The summed E-state index contributed by atoms with van der Waals surface area (Å²) in [5.41, 5.74) is 2.80. The molecule has 0 saturated carbocycles. The number of benzene rings is 1. The molecule has 1 amide bonds. The molecule has 15 heavy (non-hydrogen) atoms. The van der Waals surface area contributed by atoms with Gasteiger partial charge in [0.15, 0.2) is 0 Å². The van der Waals surface area contributed by atoms with Crippen molar-refractivity contribution in [2.24, 2.45) is 0 Å². The molecule has 0 saturated heterocycles. The molecule has 0 fully saturated rings. The van der Waals surface area contributed by atoms with Gasteiger partial charge in [-0.25, -0.2) is 4.98 Å². The van der Waals surface area contributed by atoms with Gasteiger partial charge < -0.3 is 10.3 Å². The van der Waals surface area contributed by atoms with Gasteiger partial charge in [0.2, 0.25) is 5.91 Å². The molecule has 0 unspecified atom stereocenters. The summed E-state index contributed by atoms with van der Waals surface area (Å²) in [5.74, 6) is -0.0655. The number of hydrogen-bond donors (Lipinski definition) is 2. The predicted molar refractivity (Wildman–Crippen MR) is 58.3 cm³/mol. The van der Waals surface area contributed by atoms with Crippen LogP contribution in [0.15, 0.2) is 36.8 Å². The Kier molecular flexibility index (Phi) is 2.49. The molecule has 0 aliphatic carbocycles. The highest BCUT2D eigenvalue weighted by atomic mass is 16.1. The van der Waals surface area contributed by atoms with Crippen LogP contribution in [-0.4, -0.2) is 15.9 Å². The Bertz CT molecular complexity index is 445. The van der Waals surface area contributed by atoms with E-state index in [1.807, 2.05) is 24.3 Å². The van der Waals surface area contributed by atoms with Crippen LogP contribution >= 0.6 is 0 Å². The number of H-pyrrole nitrogens is 1. The number of aromatic nitrogens is 2. The van der Waals surface area contributed by atoms with Crippen LogP contribution in [-0.2, 0) is 4.79 Å². The van der Waals surface area contributed by atoms with Crippen LogP contribution in [0.5, 0.6) is 0 Å². The van der Waals surface area contributed by atoms with Crippen molar-refractivity contribution < 1.29 is 4.79 Å². The van der Waals surface area contributed by atoms with Crippen molar-refractivity contribution in [2.45, 2.75) is 6.92 Å². The minimum atomic E-state index is -0.0655. The van der Waals surface area contributed by atoms with E-state index in [2.05, 4.69) is 15.3 Å². The number of aromatic amines is 1. The van der Waals surface area contributed by atoms with Gasteiger partial charge >= 0.3 is 0 Å². The van der Waals surface area contributed by atoms with E-state index in [1.165, 1.54) is 6.92 Å². The van der Waals surface area contributed by atoms with Crippen molar-refractivity contribution in [1.82, 2.24) is 9.97 Å². The molecule has 2 rings (SSSR count). The Morgan fingerprint density at radius 3 is 2.60 bits per heavy atom. The number of nitrogens with zero attached hydrogens (tertiary/aromatic N) is 1. The minimum Gasteiger partial charge on any atom is -0.345 e. The molecule has 0 spiro atoms. The second kappa shape index (κ2) is 3.96. The topological polar surface area (TPSA) is 57.8 Å². The summed E-state index contributed by atoms with van der Waals surface area (Å²) in [7, 11) is 0. The van der Waals surface area contributed by atoms with E-state index in [-0.39, 0.29) is 5.91 Å². The summed E-state index contributed by atoms with van der Waals surface area (Å²) in [4.78, 5) is 17.8. The van der Waals surface area contributed by atoms with Gasteiger partial charge in [0.05, 0.1) is 18.2 Å². The van der Waals surface area contributed by atoms with Gasteiger partial charge in [-0.05, 0) is 17.7 Å². The molecule has 0 radical (unpaired) electrons. The molecule has 0 aliphatic rings. The zero-order valence-electron chi connectivity index (χ0n) is 8.32. The maximum Gasteiger partial charge on any atom is 0.221 e. The van der Waals surface area contributed by atoms with Gasteiger partial charge in [-0.3, -0.25) is 4.79 Å². The first-order valence-electron chi connectivity index (χ1n) is 4.62. The lowest BCUT2D eigenvalue weighted by Crippen LogP contribution is -2.05. The molecule has 1 aromatic heterocycles. The maximum atomic E-state index is 10.8. The molecular weight excluding hydrogens is 190 g/mol. The van der Waals surface area contributed by atoms with Gasteiger partial charge in [0, 0.05) is 12.6 Å². The highest BCUT2D eigenvalue weighted by Crippen LogP contribution is 2.18. The van der Waals surface area contributed by atoms with E-state index < -0.39 is 0 Å². The van der Waals surface area contributed by atoms with Crippen molar-refractivity contribution in [3.8, 4) is 11.3 Å². The van der Waals surface area contributed by atoms with Crippen LogP contribution in [0.4, 0.5) is 5.69 Å². The lowest BCUT2D eigenvalue weighted by atomic mass is 10.1. The van der Waals surface area contributed by atoms with Crippen LogP contribution in [0, 0.1) is 0 Å². The van der Waals surface area contributed by atoms with Crippen LogP contribution < -0.4 is 5.32 Å². The fourth-order valence-corrected chi connectivity index (χ4v) is 1.35. The van der Waals surface area contributed by atoms with E-state index in [0.717, 1.165) is 16.9 Å². The third-order valence-electron chi connectivity index (χ3n) is 2.01. The molecule has 1 aromatic carbocycles. The van der Waals surface area contributed by atoms with Crippen molar-refractivity contribution in [3.05, 3.63) is 36.8 Å². The Morgan fingerprint density at radius 1 is 1.33 bits per heavy atom. The second-order valence-corrected chi connectivity index (χ2v) is 3.22. The lowest BCUT2D eigenvalue weighted by Gasteiger charge is -2.02. The number of nitrogens with one attached hydrogen (secondary N) is 2. The Balaban J connectivity index is 2.21. The summed E-state index contributed by atoms with van der Waals surface area (Å²) in [6.07, 6.45) is 3.39. The fraction of sp³-hybridized carbons (Fsp3) is 0.0909. The summed E-state index contributed by atoms with van der Waals surface area (Å²) in [5, 5.41) is 2.71. The Hall–Kier alpha value is -2.10. The number of hydrogen-bond acceptors (Lipinski definition) is 2. The summed E-state index contributed by atoms with van der Waals surface area (Å²) in [6.45, 7) is 1.49. The van der Waals surface area contributed by atoms with Crippen molar-refractivity contribution in [3.63, 3.8) is 0 Å². The smallest absolute Gasteiger partial charge is 0.221 e. The normalized spacial score (nSPS) is 9.93. The number of amides is 1. The van der Waals surface area contributed by atoms with Crippen molar-refractivity contribution in [1.29, 1.82) is 0 Å². The van der Waals surface area contributed by atoms with Crippen LogP contribution in [0.2, 0.25) is 0 Å². The van der Waals surface area contributed by atoms with Gasteiger partial charge in [-0.1, -0.05) is 12.1 Å². The van der Waals surface area contributed by atoms with E-state index in [0.29, 0.717) is 0 Å². The molecule has 2 N–H and O–H groups in total.